The number of unbranched alkanes of at least 4 members (excludes halogenated alkanes) is 19. The molecule has 0 amide bonds. The maximum Gasteiger partial charge on any atom is 0.363 e. The van der Waals surface area contributed by atoms with Crippen molar-refractivity contribution in [2.45, 2.75) is 213 Å². The van der Waals surface area contributed by atoms with E-state index in [0.717, 1.165) is 19.3 Å². The topological polar surface area (TPSA) is 115 Å². The Kier molecular flexibility index (Phi) is 27.2. The van der Waals surface area contributed by atoms with Gasteiger partial charge in [-0.05, 0) is 31.8 Å². The number of hydrogen-bond acceptors (Lipinski definition) is 4. The van der Waals surface area contributed by atoms with Gasteiger partial charge in [-0.1, -0.05) is 150 Å². The van der Waals surface area contributed by atoms with Gasteiger partial charge in [0.2, 0.25) is 0 Å². The van der Waals surface area contributed by atoms with Gasteiger partial charge in [-0.2, -0.15) is 0 Å². The van der Waals surface area contributed by atoms with Crippen LogP contribution < -0.4 is 5.11 Å². The molecule has 7 heteroatoms. The molecule has 0 radical (unpaired) electrons. The monoisotopic (exact) mass is 638 g/mol. The van der Waals surface area contributed by atoms with Gasteiger partial charge in [0.05, 0.1) is 12.2 Å². The van der Waals surface area contributed by atoms with Gasteiger partial charge in [0.25, 0.3) is 0 Å². The predicted octanol–water partition coefficient (Wildman–Crippen LogP) is 9.56. The Labute approximate surface area is 276 Å². The molecule has 0 saturated heterocycles. The zero-order valence-electron chi connectivity index (χ0n) is 29.7. The van der Waals surface area contributed by atoms with Crippen molar-refractivity contribution in [2.75, 3.05) is 0 Å². The Morgan fingerprint density at radius 1 is 0.511 bits per heavy atom. The minimum Gasteiger partial charge on any atom is -0.544 e. The molecule has 7 nitrogen and oxygen atoms in total. The van der Waals surface area contributed by atoms with Crippen LogP contribution >= 0.6 is 0 Å². The van der Waals surface area contributed by atoms with Crippen LogP contribution in [0.1, 0.15) is 195 Å². The minimum absolute atomic E-state index is 0.160. The number of rotatable bonds is 33. The molecule has 264 valence electrons. The quantitative estimate of drug-likeness (QED) is 0.0547. The van der Waals surface area contributed by atoms with Gasteiger partial charge in [0, 0.05) is 19.3 Å². The molecule has 0 aliphatic rings. The Bertz CT molecular complexity index is 722. The summed E-state index contributed by atoms with van der Waals surface area (Å²) in [6.45, 7) is 7.79. The van der Waals surface area contributed by atoms with E-state index in [1.54, 1.807) is 6.20 Å². The molecule has 3 atom stereocenters. The molecule has 45 heavy (non-hydrogen) atoms. The Balaban J connectivity index is 4.73. The van der Waals surface area contributed by atoms with Gasteiger partial charge in [-0.3, -0.25) is 4.48 Å². The summed E-state index contributed by atoms with van der Waals surface area (Å²) in [6.07, 6.45) is 31.0. The van der Waals surface area contributed by atoms with E-state index in [1.807, 2.05) is 26.8 Å². The third-order valence-corrected chi connectivity index (χ3v) is 9.49. The van der Waals surface area contributed by atoms with E-state index in [2.05, 4.69) is 6.92 Å². The summed E-state index contributed by atoms with van der Waals surface area (Å²) in [5.74, 6) is -3.70. The van der Waals surface area contributed by atoms with Gasteiger partial charge in [0.15, 0.2) is 12.1 Å². The third-order valence-electron chi connectivity index (χ3n) is 9.49. The van der Waals surface area contributed by atoms with Crippen LogP contribution in [0, 0.1) is 0 Å². The predicted molar refractivity (Wildman–Crippen MR) is 184 cm³/mol. The second-order valence-electron chi connectivity index (χ2n) is 13.3. The fraction of sp³-hybridized carbons (Fsp3) is 0.868. The fourth-order valence-electron chi connectivity index (χ4n) is 6.98. The number of allylic oxidation sites excluding steroid dienone is 1. The number of hydrogen-bond donors (Lipinski definition) is 2. The summed E-state index contributed by atoms with van der Waals surface area (Å²) >= 11 is 0. The molecule has 0 aliphatic carbocycles. The lowest BCUT2D eigenvalue weighted by Crippen LogP contribution is -2.71. The number of carbonyl (C=O) groups is 3. The molecule has 3 unspecified atom stereocenters. The number of carboxylic acids is 3. The molecule has 0 aromatic rings. The standard InChI is InChI=1S/C38H71NO6/c1-5-9-10-11-12-13-14-15-16-17-18-19-20-21-22-23-24-25-26-27-28-32-39(33(29-6-2)36(40)41,34(30-7-3)37(42)43)35(31-8-4)38(44)45/h28,32-35H,5-27,29-31H2,1-4H3,(H2-,40,41,42,43,44,45)/b32-28+. The molecular weight excluding hydrogens is 566 g/mol. The van der Waals surface area contributed by atoms with Gasteiger partial charge >= 0.3 is 11.9 Å². The lowest BCUT2D eigenvalue weighted by Gasteiger charge is -2.49. The highest BCUT2D eigenvalue weighted by Crippen LogP contribution is 2.34. The highest BCUT2D eigenvalue weighted by Gasteiger charge is 2.54. The summed E-state index contributed by atoms with van der Waals surface area (Å²) in [5.41, 5.74) is 0. The van der Waals surface area contributed by atoms with E-state index < -0.39 is 40.5 Å². The third kappa shape index (κ3) is 18.1. The average molecular weight is 638 g/mol. The van der Waals surface area contributed by atoms with Crippen LogP contribution in [0.25, 0.3) is 0 Å². The molecule has 0 bridgehead atoms. The second-order valence-corrected chi connectivity index (χ2v) is 13.3. The molecular formula is C38H71NO6. The Morgan fingerprint density at radius 2 is 0.822 bits per heavy atom. The molecule has 0 spiro atoms. The van der Waals surface area contributed by atoms with Crippen LogP contribution in [-0.4, -0.2) is 50.7 Å². The van der Waals surface area contributed by atoms with E-state index in [4.69, 9.17) is 0 Å². The molecule has 0 saturated carbocycles. The summed E-state index contributed by atoms with van der Waals surface area (Å²) in [5, 5.41) is 33.0. The summed E-state index contributed by atoms with van der Waals surface area (Å²) in [4.78, 5) is 37.6. The molecule has 0 aromatic carbocycles. The number of quaternary nitrogens is 1. The highest BCUT2D eigenvalue weighted by molar-refractivity contribution is 5.77. The molecule has 0 aromatic heterocycles. The average Bonchev–Trinajstić information content (AvgIpc) is 3.00. The molecule has 2 N–H and O–H groups in total. The number of carboxylic acid groups (broad SMARTS) is 3. The Hall–Kier alpha value is -1.89. The SMILES string of the molecule is CCCCCCCCCCCCCCCCCCCCC/C=C/[N+](C(CCC)C(=O)[O-])(C(CCC)C(=O)O)C(CCC)C(=O)O. The summed E-state index contributed by atoms with van der Waals surface area (Å²) in [6, 6.07) is -3.58. The largest absolute Gasteiger partial charge is 0.544 e. The number of aliphatic carboxylic acids is 3. The summed E-state index contributed by atoms with van der Waals surface area (Å²) in [7, 11) is 0. The van der Waals surface area contributed by atoms with Gasteiger partial charge in [-0.25, -0.2) is 9.59 Å². The van der Waals surface area contributed by atoms with Crippen LogP contribution in [0.4, 0.5) is 0 Å². The van der Waals surface area contributed by atoms with Crippen LogP contribution in [-0.2, 0) is 14.4 Å². The van der Waals surface area contributed by atoms with E-state index in [-0.39, 0.29) is 19.3 Å². The molecule has 0 aliphatic heterocycles. The summed E-state index contributed by atoms with van der Waals surface area (Å²) < 4.78 is -0.609. The van der Waals surface area contributed by atoms with E-state index in [0.29, 0.717) is 25.7 Å². The van der Waals surface area contributed by atoms with Crippen molar-refractivity contribution in [2.24, 2.45) is 0 Å². The maximum absolute atomic E-state index is 12.6. The van der Waals surface area contributed by atoms with Crippen molar-refractivity contribution < 1.29 is 34.2 Å². The maximum atomic E-state index is 12.6. The van der Waals surface area contributed by atoms with Gasteiger partial charge < -0.3 is 20.1 Å². The first-order chi connectivity index (χ1) is 21.7. The second kappa shape index (κ2) is 28.3. The van der Waals surface area contributed by atoms with E-state index in [1.165, 1.54) is 103 Å². The first-order valence-electron chi connectivity index (χ1n) is 19.0. The minimum atomic E-state index is -1.38. The molecule has 0 heterocycles. The number of carbonyl (C=O) groups excluding carboxylic acids is 1. The van der Waals surface area contributed by atoms with Crippen molar-refractivity contribution in [1.29, 1.82) is 0 Å². The van der Waals surface area contributed by atoms with E-state index >= 15 is 0 Å². The van der Waals surface area contributed by atoms with Gasteiger partial charge in [0.1, 0.15) is 6.04 Å². The molecule has 0 rings (SSSR count). The normalized spacial score (nSPS) is 15.1. The fourth-order valence-corrected chi connectivity index (χ4v) is 6.98. The van der Waals surface area contributed by atoms with Crippen molar-refractivity contribution in [3.05, 3.63) is 12.3 Å². The van der Waals surface area contributed by atoms with Gasteiger partial charge in [-0.15, -0.1) is 0 Å². The van der Waals surface area contributed by atoms with Crippen LogP contribution in [0.2, 0.25) is 0 Å². The van der Waals surface area contributed by atoms with Crippen molar-refractivity contribution in [1.82, 2.24) is 0 Å². The van der Waals surface area contributed by atoms with Crippen molar-refractivity contribution in [3.8, 4) is 0 Å². The van der Waals surface area contributed by atoms with Crippen molar-refractivity contribution in [3.63, 3.8) is 0 Å². The molecule has 0 fully saturated rings. The zero-order chi connectivity index (χ0) is 33.8. The highest BCUT2D eigenvalue weighted by atomic mass is 16.4. The van der Waals surface area contributed by atoms with E-state index in [9.17, 15) is 29.7 Å². The number of nitrogens with zero attached hydrogens (tertiary/aromatic N) is 1. The lowest BCUT2D eigenvalue weighted by atomic mass is 9.93. The van der Waals surface area contributed by atoms with Crippen molar-refractivity contribution >= 4 is 17.9 Å². The van der Waals surface area contributed by atoms with Crippen LogP contribution in [0.15, 0.2) is 12.3 Å². The Morgan fingerprint density at radius 3 is 1.11 bits per heavy atom. The lowest BCUT2D eigenvalue weighted by molar-refractivity contribution is -0.930. The first kappa shape index (κ1) is 43.1. The first-order valence-corrected chi connectivity index (χ1v) is 19.0. The van der Waals surface area contributed by atoms with Crippen LogP contribution in [0.3, 0.4) is 0 Å². The smallest absolute Gasteiger partial charge is 0.363 e. The van der Waals surface area contributed by atoms with Crippen LogP contribution in [0.5, 0.6) is 0 Å². The zero-order valence-corrected chi connectivity index (χ0v) is 29.7.